The molecule has 0 bridgehead atoms. The van der Waals surface area contributed by atoms with E-state index < -0.39 is 0 Å². The molecular weight excluding hydrogens is 200 g/mol. The average molecular weight is 220 g/mol. The molecule has 0 saturated carbocycles. The highest BCUT2D eigenvalue weighted by Crippen LogP contribution is 2.25. The van der Waals surface area contributed by atoms with Crippen molar-refractivity contribution in [3.05, 3.63) is 17.6 Å². The van der Waals surface area contributed by atoms with E-state index in [1.807, 2.05) is 14.0 Å². The normalized spacial score (nSPS) is 22.1. The van der Waals surface area contributed by atoms with E-state index in [4.69, 9.17) is 0 Å². The topological polar surface area (TPSA) is 41.0 Å². The van der Waals surface area contributed by atoms with Crippen molar-refractivity contribution in [1.82, 2.24) is 14.9 Å². The molecule has 0 amide bonds. The fourth-order valence-corrected chi connectivity index (χ4v) is 2.34. The molecule has 1 aliphatic rings. The number of hydrogen-bond donors (Lipinski definition) is 1. The number of aryl methyl sites for hydroxylation is 1. The summed E-state index contributed by atoms with van der Waals surface area (Å²) in [5.74, 6) is 2.35. The molecule has 1 atom stereocenters. The van der Waals surface area contributed by atoms with Crippen LogP contribution in [0.1, 0.15) is 30.3 Å². The number of hydrogen-bond acceptors (Lipinski definition) is 4. The minimum atomic E-state index is 0.563. The van der Waals surface area contributed by atoms with Gasteiger partial charge in [0.2, 0.25) is 0 Å². The quantitative estimate of drug-likeness (QED) is 0.822. The van der Waals surface area contributed by atoms with Gasteiger partial charge in [-0.15, -0.1) is 0 Å². The summed E-state index contributed by atoms with van der Waals surface area (Å²) in [6.45, 7) is 4.27. The lowest BCUT2D eigenvalue weighted by Gasteiger charge is -2.29. The smallest absolute Gasteiger partial charge is 0.129 e. The third-order valence-electron chi connectivity index (χ3n) is 3.16. The maximum atomic E-state index is 4.56. The summed E-state index contributed by atoms with van der Waals surface area (Å²) < 4.78 is 0. The summed E-state index contributed by atoms with van der Waals surface area (Å²) in [7, 11) is 4.08. The Balaban J connectivity index is 2.21. The fourth-order valence-electron chi connectivity index (χ4n) is 2.34. The van der Waals surface area contributed by atoms with Crippen molar-refractivity contribution in [3.8, 4) is 0 Å². The van der Waals surface area contributed by atoms with Gasteiger partial charge in [0.1, 0.15) is 11.6 Å². The van der Waals surface area contributed by atoms with E-state index >= 15 is 0 Å². The van der Waals surface area contributed by atoms with E-state index in [0.717, 1.165) is 18.2 Å². The van der Waals surface area contributed by atoms with Gasteiger partial charge in [0.25, 0.3) is 0 Å². The average Bonchev–Trinajstić information content (AvgIpc) is 2.28. The lowest BCUT2D eigenvalue weighted by molar-refractivity contribution is 0.248. The Morgan fingerprint density at radius 1 is 1.44 bits per heavy atom. The predicted octanol–water partition coefficient (Wildman–Crippen LogP) is 1.64. The van der Waals surface area contributed by atoms with E-state index in [0.29, 0.717) is 5.92 Å². The van der Waals surface area contributed by atoms with Crippen LogP contribution in [0.2, 0.25) is 0 Å². The van der Waals surface area contributed by atoms with E-state index in [-0.39, 0.29) is 0 Å². The minimum absolute atomic E-state index is 0.563. The molecule has 2 rings (SSSR count). The lowest BCUT2D eigenvalue weighted by Crippen LogP contribution is -2.31. The maximum Gasteiger partial charge on any atom is 0.129 e. The van der Waals surface area contributed by atoms with Crippen LogP contribution in [0.25, 0.3) is 0 Å². The van der Waals surface area contributed by atoms with Gasteiger partial charge in [-0.1, -0.05) is 0 Å². The van der Waals surface area contributed by atoms with Gasteiger partial charge in [0.15, 0.2) is 0 Å². The van der Waals surface area contributed by atoms with Crippen LogP contribution in [0, 0.1) is 6.92 Å². The molecule has 1 aliphatic heterocycles. The highest BCUT2D eigenvalue weighted by atomic mass is 15.1. The van der Waals surface area contributed by atoms with Crippen molar-refractivity contribution in [2.45, 2.75) is 25.7 Å². The Morgan fingerprint density at radius 3 is 2.94 bits per heavy atom. The van der Waals surface area contributed by atoms with Crippen LogP contribution in [0.4, 0.5) is 5.82 Å². The molecule has 1 aromatic heterocycles. The van der Waals surface area contributed by atoms with Crippen molar-refractivity contribution in [1.29, 1.82) is 0 Å². The molecule has 0 aromatic carbocycles. The highest BCUT2D eigenvalue weighted by molar-refractivity contribution is 5.36. The van der Waals surface area contributed by atoms with Gasteiger partial charge in [-0.25, -0.2) is 9.97 Å². The molecule has 16 heavy (non-hydrogen) atoms. The molecule has 1 N–H and O–H groups in total. The van der Waals surface area contributed by atoms with Gasteiger partial charge in [-0.05, 0) is 33.4 Å². The predicted molar refractivity (Wildman–Crippen MR) is 65.8 cm³/mol. The molecule has 88 valence electrons. The molecular formula is C12H20N4. The summed E-state index contributed by atoms with van der Waals surface area (Å²) in [6, 6.07) is 2.08. The molecule has 0 radical (unpaired) electrons. The zero-order valence-corrected chi connectivity index (χ0v) is 10.3. The summed E-state index contributed by atoms with van der Waals surface area (Å²) in [4.78, 5) is 11.3. The first-order valence-electron chi connectivity index (χ1n) is 5.91. The third kappa shape index (κ3) is 2.50. The SMILES string of the molecule is CNc1cc(C2CCCN(C)C2)nc(C)n1. The van der Waals surface area contributed by atoms with E-state index in [1.54, 1.807) is 0 Å². The Kier molecular flexibility index (Phi) is 3.39. The number of nitrogens with one attached hydrogen (secondary N) is 1. The Labute approximate surface area is 97.1 Å². The molecule has 1 unspecified atom stereocenters. The maximum absolute atomic E-state index is 4.56. The van der Waals surface area contributed by atoms with Gasteiger partial charge in [0, 0.05) is 25.6 Å². The fraction of sp³-hybridized carbons (Fsp3) is 0.667. The second-order valence-electron chi connectivity index (χ2n) is 4.58. The van der Waals surface area contributed by atoms with Gasteiger partial charge in [0.05, 0.1) is 5.69 Å². The number of likely N-dealkylation sites (N-methyl/N-ethyl adjacent to an activating group) is 1. The van der Waals surface area contributed by atoms with Crippen molar-refractivity contribution in [2.75, 3.05) is 32.5 Å². The third-order valence-corrected chi connectivity index (χ3v) is 3.16. The first kappa shape index (κ1) is 11.3. The van der Waals surface area contributed by atoms with Crippen molar-refractivity contribution < 1.29 is 0 Å². The van der Waals surface area contributed by atoms with E-state index in [9.17, 15) is 0 Å². The summed E-state index contributed by atoms with van der Waals surface area (Å²) in [6.07, 6.45) is 2.50. The van der Waals surface area contributed by atoms with Crippen molar-refractivity contribution >= 4 is 5.82 Å². The number of rotatable bonds is 2. The van der Waals surface area contributed by atoms with Crippen LogP contribution < -0.4 is 5.32 Å². The van der Waals surface area contributed by atoms with Crippen LogP contribution in [0.3, 0.4) is 0 Å². The van der Waals surface area contributed by atoms with Gasteiger partial charge < -0.3 is 10.2 Å². The Hall–Kier alpha value is -1.16. The molecule has 0 aliphatic carbocycles. The molecule has 1 aromatic rings. The molecule has 4 nitrogen and oxygen atoms in total. The second kappa shape index (κ2) is 4.78. The first-order chi connectivity index (χ1) is 7.69. The van der Waals surface area contributed by atoms with Gasteiger partial charge in [-0.2, -0.15) is 0 Å². The molecule has 1 fully saturated rings. The summed E-state index contributed by atoms with van der Waals surface area (Å²) in [5, 5.41) is 3.09. The minimum Gasteiger partial charge on any atom is -0.373 e. The van der Waals surface area contributed by atoms with Crippen LogP contribution in [-0.4, -0.2) is 42.1 Å². The molecule has 4 heteroatoms. The number of anilines is 1. The van der Waals surface area contributed by atoms with E-state index in [1.165, 1.54) is 25.1 Å². The van der Waals surface area contributed by atoms with Crippen LogP contribution in [-0.2, 0) is 0 Å². The number of nitrogens with zero attached hydrogens (tertiary/aromatic N) is 3. The Morgan fingerprint density at radius 2 is 2.25 bits per heavy atom. The zero-order chi connectivity index (χ0) is 11.5. The summed E-state index contributed by atoms with van der Waals surface area (Å²) in [5.41, 5.74) is 1.18. The molecule has 0 spiro atoms. The largest absolute Gasteiger partial charge is 0.373 e. The van der Waals surface area contributed by atoms with Gasteiger partial charge in [-0.3, -0.25) is 0 Å². The standard InChI is InChI=1S/C12H20N4/c1-9-14-11(7-12(13-2)15-9)10-5-4-6-16(3)8-10/h7,10H,4-6,8H2,1-3H3,(H,13,14,15). The number of likely N-dealkylation sites (tertiary alicyclic amines) is 1. The summed E-state index contributed by atoms with van der Waals surface area (Å²) >= 11 is 0. The second-order valence-corrected chi connectivity index (χ2v) is 4.58. The first-order valence-corrected chi connectivity index (χ1v) is 5.91. The monoisotopic (exact) mass is 220 g/mol. The van der Waals surface area contributed by atoms with Crippen LogP contribution in [0.15, 0.2) is 6.07 Å². The van der Waals surface area contributed by atoms with Crippen molar-refractivity contribution in [3.63, 3.8) is 0 Å². The Bertz CT molecular complexity index is 364. The molecule has 1 saturated heterocycles. The highest BCUT2D eigenvalue weighted by Gasteiger charge is 2.20. The number of aromatic nitrogens is 2. The van der Waals surface area contributed by atoms with Crippen LogP contribution >= 0.6 is 0 Å². The van der Waals surface area contributed by atoms with E-state index in [2.05, 4.69) is 33.3 Å². The number of piperidine rings is 1. The van der Waals surface area contributed by atoms with Crippen LogP contribution in [0.5, 0.6) is 0 Å². The molecule has 2 heterocycles. The lowest BCUT2D eigenvalue weighted by atomic mass is 9.95. The van der Waals surface area contributed by atoms with Crippen molar-refractivity contribution in [2.24, 2.45) is 0 Å². The van der Waals surface area contributed by atoms with Gasteiger partial charge >= 0.3 is 0 Å². The zero-order valence-electron chi connectivity index (χ0n) is 10.3.